The number of aliphatic carboxylic acids is 1. The van der Waals surface area contributed by atoms with Gasteiger partial charge in [0.05, 0.1) is 0 Å². The number of carboxylic acids is 1. The van der Waals surface area contributed by atoms with Crippen molar-refractivity contribution < 1.29 is 39.5 Å². The molecule has 3 heteroatoms. The van der Waals surface area contributed by atoms with Crippen molar-refractivity contribution in [2.75, 3.05) is 0 Å². The monoisotopic (exact) mass is 324 g/mol. The van der Waals surface area contributed by atoms with Crippen molar-refractivity contribution in [3.63, 3.8) is 0 Å². The van der Waals surface area contributed by atoms with Crippen LogP contribution < -0.4 is 34.7 Å². The summed E-state index contributed by atoms with van der Waals surface area (Å²) < 4.78 is 0. The first kappa shape index (κ1) is 19.3. The molecule has 0 unspecified atom stereocenters. The quantitative estimate of drug-likeness (QED) is 0.708. The Kier molecular flexibility index (Phi) is 5.61. The SMILES string of the molecule is CC(C)C1=CC2=CC[C@@H]3[C@](C)(CCC[C@@]3(C)C(=O)[O-])[C@H]2CC1.[Na+]. The van der Waals surface area contributed by atoms with Crippen LogP contribution in [0.25, 0.3) is 0 Å². The van der Waals surface area contributed by atoms with Crippen LogP contribution in [0.1, 0.15) is 66.2 Å². The maximum absolute atomic E-state index is 11.8. The molecule has 0 N–H and O–H groups in total. The van der Waals surface area contributed by atoms with Crippen molar-refractivity contribution in [3.8, 4) is 0 Å². The summed E-state index contributed by atoms with van der Waals surface area (Å²) in [6.07, 6.45) is 11.0. The topological polar surface area (TPSA) is 40.1 Å². The van der Waals surface area contributed by atoms with Gasteiger partial charge in [-0.3, -0.25) is 0 Å². The Bertz CT molecular complexity index is 548. The Morgan fingerprint density at radius 3 is 2.61 bits per heavy atom. The van der Waals surface area contributed by atoms with E-state index < -0.39 is 11.4 Å². The molecule has 0 spiro atoms. The predicted molar refractivity (Wildman–Crippen MR) is 86.9 cm³/mol. The third-order valence-corrected chi connectivity index (χ3v) is 7.05. The number of allylic oxidation sites excluding steroid dienone is 4. The molecule has 0 heterocycles. The van der Waals surface area contributed by atoms with Gasteiger partial charge in [-0.05, 0) is 60.8 Å². The van der Waals surface area contributed by atoms with E-state index in [1.807, 2.05) is 6.92 Å². The van der Waals surface area contributed by atoms with Gasteiger partial charge in [-0.2, -0.15) is 0 Å². The van der Waals surface area contributed by atoms with Gasteiger partial charge in [0.15, 0.2) is 0 Å². The smallest absolute Gasteiger partial charge is 0.550 e. The maximum Gasteiger partial charge on any atom is 1.00 e. The molecule has 0 aromatic carbocycles. The summed E-state index contributed by atoms with van der Waals surface area (Å²) in [5, 5.41) is 11.8. The third-order valence-electron chi connectivity index (χ3n) is 7.05. The summed E-state index contributed by atoms with van der Waals surface area (Å²) in [5.41, 5.74) is 2.51. The molecule has 3 rings (SSSR count). The Balaban J connectivity index is 0.00000192. The van der Waals surface area contributed by atoms with Gasteiger partial charge in [0.25, 0.3) is 0 Å². The van der Waals surface area contributed by atoms with Crippen LogP contribution in [-0.4, -0.2) is 5.97 Å². The van der Waals surface area contributed by atoms with E-state index in [2.05, 4.69) is 32.9 Å². The molecule has 1 saturated carbocycles. The summed E-state index contributed by atoms with van der Waals surface area (Å²) in [5.74, 6) is 0.538. The second kappa shape index (κ2) is 6.69. The maximum atomic E-state index is 11.8. The normalized spacial score (nSPS) is 39.5. The van der Waals surface area contributed by atoms with Crippen LogP contribution in [0, 0.1) is 28.6 Å². The summed E-state index contributed by atoms with van der Waals surface area (Å²) in [7, 11) is 0. The molecule has 0 aliphatic heterocycles. The predicted octanol–water partition coefficient (Wildman–Crippen LogP) is 0.876. The minimum Gasteiger partial charge on any atom is -0.550 e. The van der Waals surface area contributed by atoms with Crippen molar-refractivity contribution in [1.29, 1.82) is 0 Å². The summed E-state index contributed by atoms with van der Waals surface area (Å²) >= 11 is 0. The van der Waals surface area contributed by atoms with E-state index in [1.54, 1.807) is 5.57 Å². The molecule has 2 nitrogen and oxygen atoms in total. The minimum atomic E-state index is -0.838. The molecule has 122 valence electrons. The van der Waals surface area contributed by atoms with E-state index in [0.717, 1.165) is 25.7 Å². The first-order valence-corrected chi connectivity index (χ1v) is 8.91. The Morgan fingerprint density at radius 1 is 1.30 bits per heavy atom. The number of hydrogen-bond acceptors (Lipinski definition) is 2. The molecule has 3 aliphatic rings. The molecule has 0 saturated heterocycles. The average Bonchev–Trinajstić information content (AvgIpc) is 2.46. The molecule has 0 aromatic heterocycles. The molecule has 1 fully saturated rings. The van der Waals surface area contributed by atoms with E-state index >= 15 is 0 Å². The van der Waals surface area contributed by atoms with Crippen LogP contribution in [-0.2, 0) is 4.79 Å². The number of carbonyl (C=O) groups excluding carboxylic acids is 1. The van der Waals surface area contributed by atoms with Gasteiger partial charge < -0.3 is 9.90 Å². The van der Waals surface area contributed by atoms with Crippen LogP contribution in [0.15, 0.2) is 23.3 Å². The van der Waals surface area contributed by atoms with Crippen LogP contribution in [0.4, 0.5) is 0 Å². The van der Waals surface area contributed by atoms with E-state index in [0.29, 0.717) is 11.8 Å². The zero-order valence-corrected chi connectivity index (χ0v) is 17.4. The molecule has 3 aliphatic carbocycles. The van der Waals surface area contributed by atoms with E-state index in [1.165, 1.54) is 18.4 Å². The van der Waals surface area contributed by atoms with Gasteiger partial charge in [0.2, 0.25) is 0 Å². The van der Waals surface area contributed by atoms with Crippen molar-refractivity contribution in [1.82, 2.24) is 0 Å². The molecule has 0 bridgehead atoms. The van der Waals surface area contributed by atoms with Crippen molar-refractivity contribution >= 4 is 5.97 Å². The largest absolute Gasteiger partial charge is 1.00 e. The van der Waals surface area contributed by atoms with Crippen LogP contribution >= 0.6 is 0 Å². The molecule has 23 heavy (non-hydrogen) atoms. The summed E-state index contributed by atoms with van der Waals surface area (Å²) in [6.45, 7) is 8.83. The summed E-state index contributed by atoms with van der Waals surface area (Å²) in [6, 6.07) is 0. The third kappa shape index (κ3) is 3.00. The van der Waals surface area contributed by atoms with Gasteiger partial charge in [-0.1, -0.05) is 51.8 Å². The first-order valence-electron chi connectivity index (χ1n) is 8.91. The summed E-state index contributed by atoms with van der Waals surface area (Å²) in [4.78, 5) is 11.8. The van der Waals surface area contributed by atoms with Crippen LogP contribution in [0.3, 0.4) is 0 Å². The molecule has 0 aromatic rings. The van der Waals surface area contributed by atoms with Gasteiger partial charge in [0, 0.05) is 11.4 Å². The van der Waals surface area contributed by atoms with Gasteiger partial charge >= 0.3 is 29.6 Å². The standard InChI is InChI=1S/C20H30O2.Na/c1-13(2)14-6-8-16-15(12-14)7-9-17-19(16,3)10-5-11-20(17,4)18(21)22;/h7,12-13,16-17H,5-6,8-11H2,1-4H3,(H,21,22);/q;+1/p-1/t16-,17+,19+,20+;/m0./s1. The Labute approximate surface area is 163 Å². The van der Waals surface area contributed by atoms with Crippen molar-refractivity contribution in [2.24, 2.45) is 28.6 Å². The zero-order chi connectivity index (χ0) is 16.1. The van der Waals surface area contributed by atoms with E-state index in [-0.39, 0.29) is 40.9 Å². The average molecular weight is 324 g/mol. The number of rotatable bonds is 2. The molecule has 0 radical (unpaired) electrons. The molecular weight excluding hydrogens is 295 g/mol. The van der Waals surface area contributed by atoms with Crippen molar-refractivity contribution in [2.45, 2.75) is 66.2 Å². The van der Waals surface area contributed by atoms with Crippen LogP contribution in [0.2, 0.25) is 0 Å². The van der Waals surface area contributed by atoms with E-state index in [9.17, 15) is 9.90 Å². The zero-order valence-electron chi connectivity index (χ0n) is 15.4. The number of carbonyl (C=O) groups is 1. The van der Waals surface area contributed by atoms with E-state index in [4.69, 9.17) is 0 Å². The Hall–Kier alpha value is -0.0500. The van der Waals surface area contributed by atoms with Gasteiger partial charge in [-0.15, -0.1) is 0 Å². The molecule has 4 atom stereocenters. The molecule has 0 amide bonds. The second-order valence-corrected chi connectivity index (χ2v) is 8.52. The van der Waals surface area contributed by atoms with Crippen LogP contribution in [0.5, 0.6) is 0 Å². The first-order chi connectivity index (χ1) is 10.3. The number of hydrogen-bond donors (Lipinski definition) is 0. The molecular formula is C20H29NaO2. The second-order valence-electron chi connectivity index (χ2n) is 8.52. The fraction of sp³-hybridized carbons (Fsp3) is 0.750. The number of carboxylic acid groups (broad SMARTS) is 1. The van der Waals surface area contributed by atoms with Crippen molar-refractivity contribution in [3.05, 3.63) is 23.3 Å². The van der Waals surface area contributed by atoms with Gasteiger partial charge in [-0.25, -0.2) is 0 Å². The fourth-order valence-electron chi connectivity index (χ4n) is 5.59. The number of fused-ring (bicyclic) bond motifs is 3. The van der Waals surface area contributed by atoms with Gasteiger partial charge in [0.1, 0.15) is 0 Å². The minimum absolute atomic E-state index is 0. The Morgan fingerprint density at radius 2 is 2.00 bits per heavy atom. The fourth-order valence-corrected chi connectivity index (χ4v) is 5.59.